The Bertz CT molecular complexity index is 831. The van der Waals surface area contributed by atoms with Gasteiger partial charge in [0.1, 0.15) is 11.5 Å². The standard InChI is InChI=1S/C21H31N5O/c1-7-8-13-9-15(26-25-13)18(27)23-16-10-21(5,6)11-17-14(16)12-22-19(24-17)20(2,3)4/h9,12,16H,7-8,10-11H2,1-6H3,(H,23,27)(H,25,26)/t16-/m0/s1. The Labute approximate surface area is 161 Å². The number of hydrogen-bond donors (Lipinski definition) is 2. The molecule has 6 nitrogen and oxygen atoms in total. The Balaban J connectivity index is 1.86. The summed E-state index contributed by atoms with van der Waals surface area (Å²) in [7, 11) is 0. The molecule has 0 aromatic carbocycles. The van der Waals surface area contributed by atoms with Crippen molar-refractivity contribution in [1.82, 2.24) is 25.5 Å². The highest BCUT2D eigenvalue weighted by Gasteiger charge is 2.35. The van der Waals surface area contributed by atoms with Crippen molar-refractivity contribution in [2.24, 2.45) is 5.41 Å². The minimum Gasteiger partial charge on any atom is -0.344 e. The molecule has 2 aromatic heterocycles. The summed E-state index contributed by atoms with van der Waals surface area (Å²) in [5, 5.41) is 10.3. The molecular weight excluding hydrogens is 338 g/mol. The number of aromatic nitrogens is 4. The molecule has 2 N–H and O–H groups in total. The van der Waals surface area contributed by atoms with Crippen molar-refractivity contribution < 1.29 is 4.79 Å². The van der Waals surface area contributed by atoms with Gasteiger partial charge in [-0.3, -0.25) is 9.89 Å². The smallest absolute Gasteiger partial charge is 0.272 e. The van der Waals surface area contributed by atoms with Crippen LogP contribution < -0.4 is 5.32 Å². The van der Waals surface area contributed by atoms with Gasteiger partial charge in [0.15, 0.2) is 0 Å². The monoisotopic (exact) mass is 369 g/mol. The van der Waals surface area contributed by atoms with E-state index < -0.39 is 0 Å². The number of hydrogen-bond acceptors (Lipinski definition) is 4. The fourth-order valence-corrected chi connectivity index (χ4v) is 3.64. The number of amides is 1. The third kappa shape index (κ3) is 4.37. The molecule has 1 atom stereocenters. The Morgan fingerprint density at radius 2 is 2.11 bits per heavy atom. The van der Waals surface area contributed by atoms with E-state index in [4.69, 9.17) is 4.98 Å². The van der Waals surface area contributed by atoms with Crippen LogP contribution in [0.4, 0.5) is 0 Å². The minimum atomic E-state index is -0.151. The quantitative estimate of drug-likeness (QED) is 0.856. The molecule has 0 aliphatic heterocycles. The zero-order valence-electron chi connectivity index (χ0n) is 17.3. The first-order valence-electron chi connectivity index (χ1n) is 9.80. The van der Waals surface area contributed by atoms with Crippen molar-refractivity contribution in [3.05, 3.63) is 40.7 Å². The van der Waals surface area contributed by atoms with Crippen LogP contribution in [0.3, 0.4) is 0 Å². The predicted octanol–water partition coefficient (Wildman–Crippen LogP) is 3.89. The minimum absolute atomic E-state index is 0.0629. The summed E-state index contributed by atoms with van der Waals surface area (Å²) in [6, 6.07) is 1.74. The second-order valence-electron chi connectivity index (χ2n) is 9.45. The predicted molar refractivity (Wildman–Crippen MR) is 106 cm³/mol. The van der Waals surface area contributed by atoms with Crippen LogP contribution in [0.1, 0.15) is 93.7 Å². The highest BCUT2D eigenvalue weighted by molar-refractivity contribution is 5.92. The number of nitrogens with zero attached hydrogens (tertiary/aromatic N) is 3. The molecule has 0 unspecified atom stereocenters. The highest BCUT2D eigenvalue weighted by Crippen LogP contribution is 2.40. The van der Waals surface area contributed by atoms with Crippen molar-refractivity contribution in [3.63, 3.8) is 0 Å². The fraction of sp³-hybridized carbons (Fsp3) is 0.619. The molecule has 0 saturated heterocycles. The molecule has 2 aromatic rings. The second-order valence-corrected chi connectivity index (χ2v) is 9.45. The summed E-state index contributed by atoms with van der Waals surface area (Å²) < 4.78 is 0. The van der Waals surface area contributed by atoms with E-state index in [9.17, 15) is 4.79 Å². The Morgan fingerprint density at radius 3 is 2.78 bits per heavy atom. The first kappa shape index (κ1) is 19.5. The molecule has 27 heavy (non-hydrogen) atoms. The van der Waals surface area contributed by atoms with Gasteiger partial charge in [0.2, 0.25) is 0 Å². The topological polar surface area (TPSA) is 83.6 Å². The molecule has 1 amide bonds. The molecule has 0 fully saturated rings. The lowest BCUT2D eigenvalue weighted by Gasteiger charge is -2.37. The molecule has 146 valence electrons. The van der Waals surface area contributed by atoms with Gasteiger partial charge < -0.3 is 5.32 Å². The maximum absolute atomic E-state index is 12.7. The lowest BCUT2D eigenvalue weighted by atomic mass is 9.74. The average Bonchev–Trinajstić information content (AvgIpc) is 3.01. The second kappa shape index (κ2) is 7.06. The third-order valence-corrected chi connectivity index (χ3v) is 5.04. The normalized spacial score (nSPS) is 18.8. The summed E-state index contributed by atoms with van der Waals surface area (Å²) >= 11 is 0. The van der Waals surface area contributed by atoms with E-state index in [1.807, 2.05) is 12.3 Å². The summed E-state index contributed by atoms with van der Waals surface area (Å²) in [4.78, 5) is 22.2. The van der Waals surface area contributed by atoms with E-state index >= 15 is 0 Å². The number of nitrogens with one attached hydrogen (secondary N) is 2. The molecule has 0 radical (unpaired) electrons. The van der Waals surface area contributed by atoms with Crippen LogP contribution in [-0.4, -0.2) is 26.1 Å². The SMILES string of the molecule is CCCc1cc(C(=O)N[C@H]2CC(C)(C)Cc3nc(C(C)(C)C)ncc32)n[nH]1. The maximum atomic E-state index is 12.7. The van der Waals surface area contributed by atoms with Crippen LogP contribution in [0.2, 0.25) is 0 Å². The van der Waals surface area contributed by atoms with E-state index in [1.165, 1.54) is 0 Å². The van der Waals surface area contributed by atoms with Crippen LogP contribution in [0.15, 0.2) is 12.3 Å². The summed E-state index contributed by atoms with van der Waals surface area (Å²) in [5.74, 6) is 0.697. The van der Waals surface area contributed by atoms with Crippen LogP contribution in [0.25, 0.3) is 0 Å². The van der Waals surface area contributed by atoms with Gasteiger partial charge in [-0.25, -0.2) is 9.97 Å². The maximum Gasteiger partial charge on any atom is 0.272 e. The van der Waals surface area contributed by atoms with Crippen LogP contribution in [0.5, 0.6) is 0 Å². The molecule has 2 heterocycles. The zero-order valence-corrected chi connectivity index (χ0v) is 17.3. The number of rotatable bonds is 4. The van der Waals surface area contributed by atoms with E-state index in [2.05, 4.69) is 62.0 Å². The van der Waals surface area contributed by atoms with Crippen LogP contribution in [0, 0.1) is 5.41 Å². The van der Waals surface area contributed by atoms with Crippen LogP contribution >= 0.6 is 0 Å². The Kier molecular flexibility index (Phi) is 5.10. The van der Waals surface area contributed by atoms with E-state index in [1.54, 1.807) is 0 Å². The van der Waals surface area contributed by atoms with Gasteiger partial charge in [0.25, 0.3) is 5.91 Å². The molecular formula is C21H31N5O. The van der Waals surface area contributed by atoms with E-state index in [0.29, 0.717) is 5.69 Å². The first-order valence-corrected chi connectivity index (χ1v) is 9.80. The highest BCUT2D eigenvalue weighted by atomic mass is 16.2. The van der Waals surface area contributed by atoms with Gasteiger partial charge in [-0.2, -0.15) is 5.10 Å². The Morgan fingerprint density at radius 1 is 1.37 bits per heavy atom. The third-order valence-electron chi connectivity index (χ3n) is 5.04. The van der Waals surface area contributed by atoms with Crippen molar-refractivity contribution in [2.75, 3.05) is 0 Å². The number of carbonyl (C=O) groups excluding carboxylic acids is 1. The van der Waals surface area contributed by atoms with Gasteiger partial charge in [0.05, 0.1) is 6.04 Å². The fourth-order valence-electron chi connectivity index (χ4n) is 3.64. The van der Waals surface area contributed by atoms with Crippen molar-refractivity contribution in [3.8, 4) is 0 Å². The molecule has 0 saturated carbocycles. The van der Waals surface area contributed by atoms with Gasteiger partial charge >= 0.3 is 0 Å². The van der Waals surface area contributed by atoms with Crippen molar-refractivity contribution in [2.45, 2.75) is 78.7 Å². The van der Waals surface area contributed by atoms with Crippen molar-refractivity contribution in [1.29, 1.82) is 0 Å². The molecule has 6 heteroatoms. The average molecular weight is 370 g/mol. The lowest BCUT2D eigenvalue weighted by Crippen LogP contribution is -2.37. The lowest BCUT2D eigenvalue weighted by molar-refractivity contribution is 0.0913. The van der Waals surface area contributed by atoms with Gasteiger partial charge in [-0.05, 0) is 30.7 Å². The number of aryl methyl sites for hydroxylation is 1. The number of carbonyl (C=O) groups is 1. The summed E-state index contributed by atoms with van der Waals surface area (Å²) in [5.41, 5.74) is 3.47. The molecule has 0 bridgehead atoms. The first-order chi connectivity index (χ1) is 12.6. The largest absolute Gasteiger partial charge is 0.344 e. The molecule has 1 aliphatic rings. The Hall–Kier alpha value is -2.24. The summed E-state index contributed by atoms with van der Waals surface area (Å²) in [6.07, 6.45) is 5.56. The summed E-state index contributed by atoms with van der Waals surface area (Å²) in [6.45, 7) is 12.9. The number of aromatic amines is 1. The molecule has 1 aliphatic carbocycles. The number of H-pyrrole nitrogens is 1. The number of fused-ring (bicyclic) bond motifs is 1. The van der Waals surface area contributed by atoms with Gasteiger partial charge in [0, 0.05) is 28.6 Å². The molecule has 0 spiro atoms. The molecule has 3 rings (SSSR count). The van der Waals surface area contributed by atoms with E-state index in [0.717, 1.165) is 48.5 Å². The van der Waals surface area contributed by atoms with Crippen molar-refractivity contribution >= 4 is 5.91 Å². The van der Waals surface area contributed by atoms with Crippen LogP contribution in [-0.2, 0) is 18.3 Å². The van der Waals surface area contributed by atoms with E-state index in [-0.39, 0.29) is 22.8 Å². The zero-order chi connectivity index (χ0) is 19.8. The van der Waals surface area contributed by atoms with Gasteiger partial charge in [-0.1, -0.05) is 48.0 Å². The van der Waals surface area contributed by atoms with Gasteiger partial charge in [-0.15, -0.1) is 0 Å².